The van der Waals surface area contributed by atoms with E-state index in [-0.39, 0.29) is 51.3 Å². The summed E-state index contributed by atoms with van der Waals surface area (Å²) in [7, 11) is 0. The van der Waals surface area contributed by atoms with Gasteiger partial charge in [0.25, 0.3) is 0 Å². The molecule has 0 aliphatic carbocycles. The molecule has 0 aliphatic heterocycles. The highest BCUT2D eigenvalue weighted by Gasteiger charge is 2.21. The van der Waals surface area contributed by atoms with Crippen molar-refractivity contribution in [1.29, 1.82) is 0 Å². The molecular formula is C50H30O. The quantitative estimate of drug-likeness (QED) is 0.136. The van der Waals surface area contributed by atoms with Crippen molar-refractivity contribution in [1.82, 2.24) is 0 Å². The molecule has 11 aromatic rings. The number of rotatable bonds is 3. The van der Waals surface area contributed by atoms with E-state index in [4.69, 9.17) is 9.90 Å². The van der Waals surface area contributed by atoms with E-state index in [1.54, 1.807) is 6.07 Å². The summed E-state index contributed by atoms with van der Waals surface area (Å²) in [6.07, 6.45) is 0. The molecule has 0 saturated heterocycles. The minimum atomic E-state index is -0.443. The number of furan rings is 1. The summed E-state index contributed by atoms with van der Waals surface area (Å²) in [6.45, 7) is 0. The van der Waals surface area contributed by atoms with Gasteiger partial charge in [0.1, 0.15) is 11.2 Å². The van der Waals surface area contributed by atoms with E-state index in [1.165, 1.54) is 0 Å². The molecule has 0 amide bonds. The van der Waals surface area contributed by atoms with Crippen LogP contribution in [-0.4, -0.2) is 0 Å². The monoisotopic (exact) mass is 654 g/mol. The Labute approximate surface area is 305 Å². The highest BCUT2D eigenvalue weighted by molar-refractivity contribution is 6.26. The molecule has 1 heterocycles. The standard InChI is InChI=1S/C50H30O/c1-2-14-33-30-47-45(29-32(33)13-1)50-44(24-11-25-46(50)51-47)49-42-20-7-5-18-40(42)48(41-19-6-8-21-43(41)49)35-16-9-15-34(28-35)37-22-10-23-38-36-17-4-3-12-31(36)26-27-39(37)38/h1-30H/i5D,6D,7D,8D,18D,19D,20D,21D. The molecule has 0 unspecified atom stereocenters. The van der Waals surface area contributed by atoms with Crippen molar-refractivity contribution in [3.8, 4) is 33.4 Å². The fourth-order valence-corrected chi connectivity index (χ4v) is 8.04. The zero-order valence-electron chi connectivity index (χ0n) is 35.1. The van der Waals surface area contributed by atoms with Gasteiger partial charge in [-0.2, -0.15) is 0 Å². The summed E-state index contributed by atoms with van der Waals surface area (Å²) < 4.78 is 80.4. The van der Waals surface area contributed by atoms with Crippen LogP contribution in [0.2, 0.25) is 0 Å². The van der Waals surface area contributed by atoms with Crippen molar-refractivity contribution in [3.05, 3.63) is 182 Å². The van der Waals surface area contributed by atoms with Crippen molar-refractivity contribution < 1.29 is 15.4 Å². The first-order chi connectivity index (χ1) is 28.6. The van der Waals surface area contributed by atoms with Gasteiger partial charge in [-0.05, 0) is 112 Å². The van der Waals surface area contributed by atoms with E-state index in [1.807, 2.05) is 97.1 Å². The van der Waals surface area contributed by atoms with Gasteiger partial charge in [0.15, 0.2) is 0 Å². The molecule has 0 aliphatic rings. The van der Waals surface area contributed by atoms with E-state index >= 15 is 0 Å². The van der Waals surface area contributed by atoms with Gasteiger partial charge >= 0.3 is 0 Å². The van der Waals surface area contributed by atoms with Crippen molar-refractivity contribution >= 4 is 75.8 Å². The molecule has 0 N–H and O–H groups in total. The van der Waals surface area contributed by atoms with E-state index < -0.39 is 24.2 Å². The molecular weight excluding hydrogens is 617 g/mol. The molecule has 10 aromatic carbocycles. The van der Waals surface area contributed by atoms with Gasteiger partial charge in [0.2, 0.25) is 0 Å². The van der Waals surface area contributed by atoms with Crippen LogP contribution < -0.4 is 0 Å². The number of benzene rings is 10. The minimum absolute atomic E-state index is 0.160. The van der Waals surface area contributed by atoms with Crippen LogP contribution in [0.25, 0.3) is 109 Å². The molecule has 11 rings (SSSR count). The van der Waals surface area contributed by atoms with Crippen LogP contribution in [0.3, 0.4) is 0 Å². The van der Waals surface area contributed by atoms with Crippen molar-refractivity contribution in [3.63, 3.8) is 0 Å². The van der Waals surface area contributed by atoms with Crippen LogP contribution in [0, 0.1) is 0 Å². The maximum Gasteiger partial charge on any atom is 0.136 e. The first-order valence-corrected chi connectivity index (χ1v) is 16.9. The van der Waals surface area contributed by atoms with Gasteiger partial charge in [-0.15, -0.1) is 0 Å². The summed E-state index contributed by atoms with van der Waals surface area (Å²) in [6, 6.07) is 40.7. The van der Waals surface area contributed by atoms with E-state index in [0.29, 0.717) is 33.2 Å². The molecule has 1 heteroatoms. The van der Waals surface area contributed by atoms with Crippen molar-refractivity contribution in [2.24, 2.45) is 0 Å². The molecule has 0 radical (unpaired) electrons. The zero-order valence-corrected chi connectivity index (χ0v) is 27.1. The number of hydrogen-bond acceptors (Lipinski definition) is 1. The largest absolute Gasteiger partial charge is 0.456 e. The summed E-state index contributed by atoms with van der Waals surface area (Å²) in [4.78, 5) is 0. The Morgan fingerprint density at radius 2 is 0.961 bits per heavy atom. The first-order valence-electron chi connectivity index (χ1n) is 20.9. The average molecular weight is 655 g/mol. The molecule has 0 spiro atoms. The summed E-state index contributed by atoms with van der Waals surface area (Å²) in [5.41, 5.74) is 4.64. The maximum absolute atomic E-state index is 9.54. The molecule has 0 bridgehead atoms. The molecule has 0 saturated carbocycles. The molecule has 1 nitrogen and oxygen atoms in total. The highest BCUT2D eigenvalue weighted by Crippen LogP contribution is 2.47. The molecule has 0 atom stereocenters. The fourth-order valence-electron chi connectivity index (χ4n) is 8.04. The molecule has 0 fully saturated rings. The third kappa shape index (κ3) is 4.22. The SMILES string of the molecule is [2H]c1c([2H])c([2H])c2c(-c3cccc4oc5cc6ccccc6cc5c34)c3c([2H])c([2H])c([2H])c([2H])c3c(-c3cccc(-c4cccc5c4ccc4ccccc45)c3)c2c1[2H]. The van der Waals surface area contributed by atoms with Crippen LogP contribution in [0.15, 0.2) is 186 Å². The van der Waals surface area contributed by atoms with Crippen LogP contribution >= 0.6 is 0 Å². The van der Waals surface area contributed by atoms with Gasteiger partial charge in [0, 0.05) is 10.8 Å². The summed E-state index contributed by atoms with van der Waals surface area (Å²) >= 11 is 0. The number of hydrogen-bond donors (Lipinski definition) is 0. The Morgan fingerprint density at radius 1 is 0.353 bits per heavy atom. The highest BCUT2D eigenvalue weighted by atomic mass is 16.3. The van der Waals surface area contributed by atoms with E-state index in [2.05, 4.69) is 30.3 Å². The lowest BCUT2D eigenvalue weighted by atomic mass is 9.84. The Kier molecular flexibility index (Phi) is 4.57. The van der Waals surface area contributed by atoms with Gasteiger partial charge < -0.3 is 4.42 Å². The Morgan fingerprint density at radius 3 is 1.75 bits per heavy atom. The van der Waals surface area contributed by atoms with Crippen LogP contribution in [0.5, 0.6) is 0 Å². The Hall–Kier alpha value is -6.70. The topological polar surface area (TPSA) is 13.1 Å². The van der Waals surface area contributed by atoms with Crippen molar-refractivity contribution in [2.75, 3.05) is 0 Å². The van der Waals surface area contributed by atoms with E-state index in [9.17, 15) is 5.48 Å². The predicted octanol–water partition coefficient (Wildman–Crippen LogP) is 14.4. The maximum atomic E-state index is 9.54. The zero-order chi connectivity index (χ0) is 40.4. The Balaban J connectivity index is 1.31. The normalized spacial score (nSPS) is 14.1. The second-order valence-electron chi connectivity index (χ2n) is 13.0. The summed E-state index contributed by atoms with van der Waals surface area (Å²) in [5.74, 6) is 0. The number of fused-ring (bicyclic) bond motifs is 9. The minimum Gasteiger partial charge on any atom is -0.456 e. The molecule has 1 aromatic heterocycles. The van der Waals surface area contributed by atoms with Gasteiger partial charge in [-0.3, -0.25) is 0 Å². The lowest BCUT2D eigenvalue weighted by molar-refractivity contribution is 0.669. The van der Waals surface area contributed by atoms with Gasteiger partial charge in [-0.25, -0.2) is 0 Å². The second kappa shape index (κ2) is 10.9. The third-order valence-electron chi connectivity index (χ3n) is 10.3. The van der Waals surface area contributed by atoms with Crippen LogP contribution in [-0.2, 0) is 0 Å². The van der Waals surface area contributed by atoms with E-state index in [0.717, 1.165) is 48.8 Å². The summed E-state index contributed by atoms with van der Waals surface area (Å²) in [5, 5.41) is 8.44. The van der Waals surface area contributed by atoms with Crippen LogP contribution in [0.4, 0.5) is 0 Å². The second-order valence-corrected chi connectivity index (χ2v) is 13.0. The lowest BCUT2D eigenvalue weighted by Crippen LogP contribution is -1.92. The molecule has 236 valence electrons. The first kappa shape index (κ1) is 21.4. The fraction of sp³-hybridized carbons (Fsp3) is 0. The third-order valence-corrected chi connectivity index (χ3v) is 10.3. The van der Waals surface area contributed by atoms with Gasteiger partial charge in [0.05, 0.1) is 11.0 Å². The van der Waals surface area contributed by atoms with Gasteiger partial charge in [-0.1, -0.05) is 158 Å². The average Bonchev–Trinajstić information content (AvgIpc) is 3.64. The smallest absolute Gasteiger partial charge is 0.136 e. The Bertz CT molecular complexity index is 3580. The molecule has 51 heavy (non-hydrogen) atoms. The van der Waals surface area contributed by atoms with Crippen molar-refractivity contribution in [2.45, 2.75) is 0 Å². The lowest BCUT2D eigenvalue weighted by Gasteiger charge is -2.19. The van der Waals surface area contributed by atoms with Crippen LogP contribution in [0.1, 0.15) is 11.0 Å². The predicted molar refractivity (Wildman–Crippen MR) is 218 cm³/mol.